The number of anilines is 1. The van der Waals surface area contributed by atoms with Crippen molar-refractivity contribution in [3.05, 3.63) is 53.6 Å². The van der Waals surface area contributed by atoms with Crippen LogP contribution in [0.5, 0.6) is 0 Å². The lowest BCUT2D eigenvalue weighted by molar-refractivity contribution is 0.0696. The molecule has 2 N–H and O–H groups in total. The van der Waals surface area contributed by atoms with E-state index in [-0.39, 0.29) is 0 Å². The van der Waals surface area contributed by atoms with Gasteiger partial charge in [0.05, 0.1) is 23.6 Å². The number of benzene rings is 1. The summed E-state index contributed by atoms with van der Waals surface area (Å²) in [6.45, 7) is 4.72. The van der Waals surface area contributed by atoms with Crippen LogP contribution in [0.1, 0.15) is 41.3 Å². The largest absolute Gasteiger partial charge is 0.478 e. The molecule has 0 saturated carbocycles. The Morgan fingerprint density at radius 1 is 1.30 bits per heavy atom. The summed E-state index contributed by atoms with van der Waals surface area (Å²) in [6, 6.07) is 5.24. The third kappa shape index (κ3) is 3.32. The van der Waals surface area contributed by atoms with Gasteiger partial charge in [-0.15, -0.1) is 0 Å². The summed E-state index contributed by atoms with van der Waals surface area (Å²) in [5.41, 5.74) is 3.22. The minimum atomic E-state index is -0.912. The third-order valence-electron chi connectivity index (χ3n) is 3.06. The van der Waals surface area contributed by atoms with Gasteiger partial charge in [-0.1, -0.05) is 19.9 Å². The Hall–Kier alpha value is -2.43. The van der Waals surface area contributed by atoms with Crippen molar-refractivity contribution in [2.75, 3.05) is 5.32 Å². The molecule has 1 heterocycles. The molecule has 0 aliphatic rings. The average molecular weight is 271 g/mol. The minimum absolute atomic E-state index is 0.301. The van der Waals surface area contributed by atoms with Crippen LogP contribution in [0.25, 0.3) is 0 Å². The van der Waals surface area contributed by atoms with E-state index in [2.05, 4.69) is 29.1 Å². The molecule has 2 rings (SSSR count). The van der Waals surface area contributed by atoms with E-state index in [9.17, 15) is 4.79 Å². The van der Waals surface area contributed by atoms with Gasteiger partial charge in [-0.05, 0) is 29.2 Å². The van der Waals surface area contributed by atoms with Crippen LogP contribution in [0.4, 0.5) is 5.69 Å². The van der Waals surface area contributed by atoms with Gasteiger partial charge in [0.25, 0.3) is 0 Å². The van der Waals surface area contributed by atoms with Crippen molar-refractivity contribution in [1.82, 2.24) is 9.97 Å². The summed E-state index contributed by atoms with van der Waals surface area (Å²) in [4.78, 5) is 18.9. The monoisotopic (exact) mass is 271 g/mol. The van der Waals surface area contributed by atoms with Crippen LogP contribution in [0.15, 0.2) is 36.9 Å². The number of hydrogen-bond donors (Lipinski definition) is 2. The minimum Gasteiger partial charge on any atom is -0.478 e. The molecule has 0 aliphatic heterocycles. The maximum atomic E-state index is 11.1. The van der Waals surface area contributed by atoms with E-state index in [0.29, 0.717) is 18.0 Å². The fraction of sp³-hybridized carbons (Fsp3) is 0.267. The molecule has 104 valence electrons. The second-order valence-electron chi connectivity index (χ2n) is 4.85. The number of nitrogens with one attached hydrogen (secondary N) is 1. The number of nitrogens with zero attached hydrogens (tertiary/aromatic N) is 2. The van der Waals surface area contributed by atoms with Gasteiger partial charge < -0.3 is 10.4 Å². The predicted octanol–water partition coefficient (Wildman–Crippen LogP) is 2.91. The van der Waals surface area contributed by atoms with E-state index in [4.69, 9.17) is 5.11 Å². The van der Waals surface area contributed by atoms with E-state index in [0.717, 1.165) is 16.8 Å². The maximum Gasteiger partial charge on any atom is 0.335 e. The van der Waals surface area contributed by atoms with Crippen molar-refractivity contribution in [3.63, 3.8) is 0 Å². The van der Waals surface area contributed by atoms with Crippen molar-refractivity contribution < 1.29 is 9.90 Å². The molecule has 5 nitrogen and oxygen atoms in total. The molecule has 1 aromatic heterocycles. The molecule has 5 heteroatoms. The second kappa shape index (κ2) is 6.14. The number of aromatic carboxylic acids is 1. The van der Waals surface area contributed by atoms with Gasteiger partial charge in [-0.3, -0.25) is 0 Å². The smallest absolute Gasteiger partial charge is 0.335 e. The molecule has 0 amide bonds. The Labute approximate surface area is 117 Å². The quantitative estimate of drug-likeness (QED) is 0.874. The van der Waals surface area contributed by atoms with Crippen LogP contribution in [-0.4, -0.2) is 21.0 Å². The highest BCUT2D eigenvalue weighted by molar-refractivity contribution is 5.88. The first-order valence-electron chi connectivity index (χ1n) is 6.43. The van der Waals surface area contributed by atoms with Gasteiger partial charge >= 0.3 is 5.97 Å². The van der Waals surface area contributed by atoms with Gasteiger partial charge in [0, 0.05) is 6.54 Å². The predicted molar refractivity (Wildman–Crippen MR) is 76.8 cm³/mol. The van der Waals surface area contributed by atoms with Crippen LogP contribution < -0.4 is 5.32 Å². The molecule has 0 radical (unpaired) electrons. The summed E-state index contributed by atoms with van der Waals surface area (Å²) in [5.74, 6) is -0.578. The van der Waals surface area contributed by atoms with Crippen molar-refractivity contribution in [1.29, 1.82) is 0 Å². The molecule has 20 heavy (non-hydrogen) atoms. The summed E-state index contributed by atoms with van der Waals surface area (Å²) in [6.07, 6.45) is 4.84. The summed E-state index contributed by atoms with van der Waals surface area (Å²) in [7, 11) is 0. The first-order valence-corrected chi connectivity index (χ1v) is 6.43. The highest BCUT2D eigenvalue weighted by Gasteiger charge is 2.11. The average Bonchev–Trinajstić information content (AvgIpc) is 2.45. The van der Waals surface area contributed by atoms with E-state index >= 15 is 0 Å². The zero-order valence-electron chi connectivity index (χ0n) is 11.5. The van der Waals surface area contributed by atoms with Crippen LogP contribution in [0, 0.1) is 0 Å². The SMILES string of the molecule is CC(C)c1ccc(C(=O)O)cc1CNc1cncnc1. The lowest BCUT2D eigenvalue weighted by atomic mass is 9.95. The second-order valence-corrected chi connectivity index (χ2v) is 4.85. The maximum absolute atomic E-state index is 11.1. The van der Waals surface area contributed by atoms with Crippen LogP contribution in [0.2, 0.25) is 0 Å². The van der Waals surface area contributed by atoms with Crippen LogP contribution in [-0.2, 0) is 6.54 Å². The van der Waals surface area contributed by atoms with E-state index in [1.54, 1.807) is 24.5 Å². The summed E-state index contributed by atoms with van der Waals surface area (Å²) in [5, 5.41) is 12.3. The van der Waals surface area contributed by atoms with E-state index in [1.807, 2.05) is 6.07 Å². The van der Waals surface area contributed by atoms with Crippen molar-refractivity contribution in [2.45, 2.75) is 26.3 Å². The standard InChI is InChI=1S/C15H17N3O2/c1-10(2)14-4-3-11(15(19)20)5-12(14)6-18-13-7-16-9-17-8-13/h3-5,7-10,18H,6H2,1-2H3,(H,19,20). The summed E-state index contributed by atoms with van der Waals surface area (Å²) < 4.78 is 0. The van der Waals surface area contributed by atoms with Gasteiger partial charge in [0.2, 0.25) is 0 Å². The molecule has 2 aromatic rings. The zero-order chi connectivity index (χ0) is 14.5. The molecule has 0 atom stereocenters. The van der Waals surface area contributed by atoms with Gasteiger partial charge in [0.15, 0.2) is 0 Å². The number of hydrogen-bond acceptors (Lipinski definition) is 4. The molecule has 0 aliphatic carbocycles. The van der Waals surface area contributed by atoms with E-state index < -0.39 is 5.97 Å². The van der Waals surface area contributed by atoms with Crippen molar-refractivity contribution >= 4 is 11.7 Å². The first-order chi connectivity index (χ1) is 9.58. The topological polar surface area (TPSA) is 75.1 Å². The lowest BCUT2D eigenvalue weighted by Crippen LogP contribution is -2.07. The molecule has 0 unspecified atom stereocenters. The zero-order valence-corrected chi connectivity index (χ0v) is 11.5. The number of carboxylic acids is 1. The van der Waals surface area contributed by atoms with Gasteiger partial charge in [-0.2, -0.15) is 0 Å². The Morgan fingerprint density at radius 2 is 2.00 bits per heavy atom. The fourth-order valence-electron chi connectivity index (χ4n) is 2.04. The normalized spacial score (nSPS) is 10.6. The lowest BCUT2D eigenvalue weighted by Gasteiger charge is -2.14. The fourth-order valence-corrected chi connectivity index (χ4v) is 2.04. The molecule has 1 aromatic carbocycles. The van der Waals surface area contributed by atoms with Crippen molar-refractivity contribution in [2.24, 2.45) is 0 Å². The Morgan fingerprint density at radius 3 is 2.60 bits per heavy atom. The molecule has 0 spiro atoms. The van der Waals surface area contributed by atoms with Crippen LogP contribution in [0.3, 0.4) is 0 Å². The molecule has 0 fully saturated rings. The highest BCUT2D eigenvalue weighted by Crippen LogP contribution is 2.22. The molecular weight excluding hydrogens is 254 g/mol. The molecule has 0 bridgehead atoms. The van der Waals surface area contributed by atoms with Gasteiger partial charge in [-0.25, -0.2) is 14.8 Å². The number of aromatic nitrogens is 2. The first kappa shape index (κ1) is 14.0. The third-order valence-corrected chi connectivity index (χ3v) is 3.06. The van der Waals surface area contributed by atoms with Gasteiger partial charge in [0.1, 0.15) is 6.33 Å². The van der Waals surface area contributed by atoms with E-state index in [1.165, 1.54) is 6.33 Å². The number of carbonyl (C=O) groups is 1. The molecule has 0 saturated heterocycles. The number of rotatable bonds is 5. The molecular formula is C15H17N3O2. The Kier molecular flexibility index (Phi) is 4.30. The summed E-state index contributed by atoms with van der Waals surface area (Å²) >= 11 is 0. The Bertz CT molecular complexity index is 597. The van der Waals surface area contributed by atoms with Crippen LogP contribution >= 0.6 is 0 Å². The Balaban J connectivity index is 2.24. The number of carboxylic acid groups (broad SMARTS) is 1. The van der Waals surface area contributed by atoms with Crippen molar-refractivity contribution in [3.8, 4) is 0 Å². The highest BCUT2D eigenvalue weighted by atomic mass is 16.4.